The minimum atomic E-state index is -1.15. The Balaban J connectivity index is 3.42. The molecule has 0 bridgehead atoms. The van der Waals surface area contributed by atoms with Crippen LogP contribution in [0.25, 0.3) is 0 Å². The third-order valence-corrected chi connectivity index (χ3v) is 2.16. The van der Waals surface area contributed by atoms with E-state index in [1.807, 2.05) is 0 Å². The highest BCUT2D eigenvalue weighted by atomic mass is 35.5. The van der Waals surface area contributed by atoms with Crippen LogP contribution < -0.4 is 10.5 Å². The van der Waals surface area contributed by atoms with Crippen molar-refractivity contribution < 1.29 is 18.3 Å². The topological polar surface area (TPSA) is 52.3 Å². The summed E-state index contributed by atoms with van der Waals surface area (Å²) >= 11 is 5.51. The Morgan fingerprint density at radius 1 is 1.60 bits per heavy atom. The van der Waals surface area contributed by atoms with E-state index in [0.29, 0.717) is 0 Å². The van der Waals surface area contributed by atoms with Crippen LogP contribution in [0.1, 0.15) is 10.4 Å². The summed E-state index contributed by atoms with van der Waals surface area (Å²) in [6.07, 6.45) is 0. The third-order valence-electron chi connectivity index (χ3n) is 1.81. The molecule has 82 valence electrons. The van der Waals surface area contributed by atoms with E-state index in [1.54, 1.807) is 0 Å². The van der Waals surface area contributed by atoms with Crippen LogP contribution in [0.3, 0.4) is 0 Å². The molecule has 0 aliphatic heterocycles. The summed E-state index contributed by atoms with van der Waals surface area (Å²) in [5, 5.41) is -0.435. The number of Topliss-reactive ketones (excluding diaryl/α,β-unsaturated/α-hetero) is 1. The highest BCUT2D eigenvalue weighted by Crippen LogP contribution is 2.31. The molecule has 1 aromatic carbocycles. The molecule has 0 aliphatic rings. The highest BCUT2D eigenvalue weighted by molar-refractivity contribution is 6.32. The lowest BCUT2D eigenvalue weighted by Gasteiger charge is -2.08. The Labute approximate surface area is 89.8 Å². The molecule has 0 radical (unpaired) electrons. The minimum absolute atomic E-state index is 0.166. The highest BCUT2D eigenvalue weighted by Gasteiger charge is 2.22. The van der Waals surface area contributed by atoms with Crippen molar-refractivity contribution in [2.75, 3.05) is 13.7 Å². The predicted octanol–water partition coefficient (Wildman–Crippen LogP) is 1.77. The lowest BCUT2D eigenvalue weighted by molar-refractivity contribution is 0.0993. The van der Waals surface area contributed by atoms with Gasteiger partial charge in [0.1, 0.15) is 16.6 Å². The number of benzene rings is 1. The van der Waals surface area contributed by atoms with E-state index in [2.05, 4.69) is 4.74 Å². The van der Waals surface area contributed by atoms with Crippen molar-refractivity contribution in [1.29, 1.82) is 0 Å². The molecule has 0 atom stereocenters. The van der Waals surface area contributed by atoms with Gasteiger partial charge >= 0.3 is 0 Å². The lowest BCUT2D eigenvalue weighted by Crippen LogP contribution is -2.17. The van der Waals surface area contributed by atoms with Crippen molar-refractivity contribution in [3.05, 3.63) is 28.3 Å². The molecule has 6 heteroatoms. The van der Waals surface area contributed by atoms with Crippen molar-refractivity contribution in [3.63, 3.8) is 0 Å². The Morgan fingerprint density at radius 2 is 2.20 bits per heavy atom. The number of ketones is 1. The fraction of sp³-hybridized carbons (Fsp3) is 0.222. The van der Waals surface area contributed by atoms with Gasteiger partial charge in [0.25, 0.3) is 0 Å². The average Bonchev–Trinajstić information content (AvgIpc) is 2.23. The number of hydrogen-bond donors (Lipinski definition) is 1. The van der Waals surface area contributed by atoms with Gasteiger partial charge in [0.15, 0.2) is 11.6 Å². The number of methoxy groups -OCH3 is 1. The maximum atomic E-state index is 13.4. The van der Waals surface area contributed by atoms with E-state index < -0.39 is 34.5 Å². The van der Waals surface area contributed by atoms with E-state index in [1.165, 1.54) is 7.11 Å². The van der Waals surface area contributed by atoms with E-state index >= 15 is 0 Å². The molecule has 0 heterocycles. The zero-order chi connectivity index (χ0) is 11.6. The first kappa shape index (κ1) is 11.9. The van der Waals surface area contributed by atoms with E-state index in [-0.39, 0.29) is 5.75 Å². The summed E-state index contributed by atoms with van der Waals surface area (Å²) in [6.45, 7) is -0.490. The van der Waals surface area contributed by atoms with Crippen molar-refractivity contribution >= 4 is 17.4 Å². The Bertz CT molecular complexity index is 410. The van der Waals surface area contributed by atoms with Crippen LogP contribution in [0.5, 0.6) is 5.75 Å². The molecule has 1 aromatic rings. The fourth-order valence-corrected chi connectivity index (χ4v) is 1.31. The summed E-state index contributed by atoms with van der Waals surface area (Å²) in [5.41, 5.74) is 4.27. The normalized spacial score (nSPS) is 10.2. The molecule has 2 N–H and O–H groups in total. The van der Waals surface area contributed by atoms with Crippen LogP contribution in [0.2, 0.25) is 5.02 Å². The lowest BCUT2D eigenvalue weighted by atomic mass is 10.1. The second-order valence-corrected chi connectivity index (χ2v) is 3.07. The molecule has 0 aromatic heterocycles. The maximum Gasteiger partial charge on any atom is 0.182 e. The van der Waals surface area contributed by atoms with Crippen LogP contribution in [0, 0.1) is 11.6 Å². The van der Waals surface area contributed by atoms with Gasteiger partial charge < -0.3 is 10.5 Å². The quantitative estimate of drug-likeness (QED) is 0.642. The number of carbonyl (C=O) groups is 1. The number of rotatable bonds is 3. The number of halogens is 3. The van der Waals surface area contributed by atoms with Gasteiger partial charge in [-0.25, -0.2) is 8.78 Å². The number of ether oxygens (including phenoxy) is 1. The smallest absolute Gasteiger partial charge is 0.182 e. The Kier molecular flexibility index (Phi) is 3.60. The Hall–Kier alpha value is -1.20. The van der Waals surface area contributed by atoms with Crippen LogP contribution in [0.4, 0.5) is 8.78 Å². The molecule has 0 saturated heterocycles. The van der Waals surface area contributed by atoms with Gasteiger partial charge in [-0.2, -0.15) is 0 Å². The van der Waals surface area contributed by atoms with Gasteiger partial charge in [-0.15, -0.1) is 0 Å². The molecular weight excluding hydrogens is 228 g/mol. The predicted molar refractivity (Wildman–Crippen MR) is 51.3 cm³/mol. The second-order valence-electron chi connectivity index (χ2n) is 2.69. The molecule has 0 unspecified atom stereocenters. The first-order valence-electron chi connectivity index (χ1n) is 3.97. The monoisotopic (exact) mass is 235 g/mol. The SMILES string of the molecule is COc1cc(F)c(C(=O)CN)c(F)c1Cl. The van der Waals surface area contributed by atoms with E-state index in [9.17, 15) is 13.6 Å². The first-order chi connectivity index (χ1) is 7.02. The summed E-state index contributed by atoms with van der Waals surface area (Å²) in [7, 11) is 1.21. The minimum Gasteiger partial charge on any atom is -0.495 e. The number of hydrogen-bond acceptors (Lipinski definition) is 3. The molecule has 0 fully saturated rings. The van der Waals surface area contributed by atoms with Crippen LogP contribution in [0.15, 0.2) is 6.07 Å². The molecule has 0 saturated carbocycles. The zero-order valence-corrected chi connectivity index (χ0v) is 8.57. The molecule has 3 nitrogen and oxygen atoms in total. The van der Waals surface area contributed by atoms with Gasteiger partial charge in [-0.3, -0.25) is 4.79 Å². The molecular formula is C9H8ClF2NO2. The van der Waals surface area contributed by atoms with Crippen molar-refractivity contribution in [3.8, 4) is 5.75 Å². The van der Waals surface area contributed by atoms with Crippen molar-refractivity contribution in [1.82, 2.24) is 0 Å². The van der Waals surface area contributed by atoms with Crippen LogP contribution in [-0.4, -0.2) is 19.4 Å². The third kappa shape index (κ3) is 2.08. The largest absolute Gasteiger partial charge is 0.495 e. The summed E-state index contributed by atoms with van der Waals surface area (Å²) in [4.78, 5) is 11.1. The van der Waals surface area contributed by atoms with E-state index in [4.69, 9.17) is 17.3 Å². The molecule has 1 rings (SSSR count). The van der Waals surface area contributed by atoms with Crippen molar-refractivity contribution in [2.24, 2.45) is 5.73 Å². The van der Waals surface area contributed by atoms with E-state index in [0.717, 1.165) is 6.07 Å². The summed E-state index contributed by atoms with van der Waals surface area (Å²) in [5.74, 6) is -3.21. The maximum absolute atomic E-state index is 13.4. The van der Waals surface area contributed by atoms with Gasteiger partial charge in [-0.1, -0.05) is 11.6 Å². The van der Waals surface area contributed by atoms with Crippen molar-refractivity contribution in [2.45, 2.75) is 0 Å². The van der Waals surface area contributed by atoms with Crippen LogP contribution in [-0.2, 0) is 0 Å². The molecule has 0 amide bonds. The first-order valence-corrected chi connectivity index (χ1v) is 4.35. The second kappa shape index (κ2) is 4.55. The molecule has 15 heavy (non-hydrogen) atoms. The summed E-state index contributed by atoms with van der Waals surface area (Å²) in [6, 6.07) is 0.842. The van der Waals surface area contributed by atoms with Gasteiger partial charge in [0.05, 0.1) is 19.2 Å². The fourth-order valence-electron chi connectivity index (χ4n) is 1.08. The standard InChI is InChI=1S/C9H8ClF2NO2/c1-15-6-2-4(11)7(5(14)3-13)9(12)8(6)10/h2H,3,13H2,1H3. The van der Waals surface area contributed by atoms with Gasteiger partial charge in [0.2, 0.25) is 0 Å². The molecule has 0 aliphatic carbocycles. The Morgan fingerprint density at radius 3 is 2.67 bits per heavy atom. The van der Waals surface area contributed by atoms with Crippen LogP contribution >= 0.6 is 11.6 Å². The van der Waals surface area contributed by atoms with Gasteiger partial charge in [-0.05, 0) is 0 Å². The zero-order valence-electron chi connectivity index (χ0n) is 7.81. The molecule has 0 spiro atoms. The summed E-state index contributed by atoms with van der Waals surface area (Å²) < 4.78 is 31.3. The number of nitrogens with two attached hydrogens (primary N) is 1. The average molecular weight is 236 g/mol. The number of carbonyl (C=O) groups excluding carboxylic acids is 1. The van der Waals surface area contributed by atoms with Gasteiger partial charge in [0, 0.05) is 6.07 Å².